The number of carbonyl (C=O) groups excluding carboxylic acids is 3. The molecule has 3 atom stereocenters. The van der Waals surface area contributed by atoms with E-state index in [1.54, 1.807) is 23.1 Å². The Morgan fingerprint density at radius 2 is 1.87 bits per heavy atom. The van der Waals surface area contributed by atoms with E-state index in [2.05, 4.69) is 0 Å². The van der Waals surface area contributed by atoms with E-state index in [4.69, 9.17) is 0 Å². The molecule has 3 amide bonds. The van der Waals surface area contributed by atoms with Gasteiger partial charge in [0.15, 0.2) is 0 Å². The monoisotopic (exact) mass is 423 g/mol. The number of amides is 3. The number of allylic oxidation sites excluding steroid dienone is 2. The van der Waals surface area contributed by atoms with E-state index in [-0.39, 0.29) is 41.1 Å². The Kier molecular flexibility index (Phi) is 4.18. The summed E-state index contributed by atoms with van der Waals surface area (Å²) >= 11 is 0. The molecule has 3 saturated heterocycles. The molecule has 0 aromatic heterocycles. The van der Waals surface area contributed by atoms with E-state index in [1.165, 1.54) is 28.9 Å². The number of phenols is 1. The second-order valence-electron chi connectivity index (χ2n) is 8.35. The van der Waals surface area contributed by atoms with Crippen molar-refractivity contribution >= 4 is 29.4 Å². The first kappa shape index (κ1) is 19.3. The van der Waals surface area contributed by atoms with Gasteiger partial charge in [-0.05, 0) is 48.8 Å². The SMILES string of the molecule is CC(=O)N1CC2CC(/C=C3\CCN(c4ccc(O)cc4)C3=O)=C(C(=O)O)N3C(=O)C1[C@@H]23. The number of carbonyl (C=O) groups is 4. The Hall–Kier alpha value is -3.62. The maximum absolute atomic E-state index is 13.0. The fraction of sp³-hybridized carbons (Fsp3) is 0.364. The van der Waals surface area contributed by atoms with Gasteiger partial charge >= 0.3 is 5.97 Å². The second kappa shape index (κ2) is 6.69. The highest BCUT2D eigenvalue weighted by molar-refractivity contribution is 6.09. The highest BCUT2D eigenvalue weighted by atomic mass is 16.4. The smallest absolute Gasteiger partial charge is 0.352 e. The Morgan fingerprint density at radius 3 is 2.52 bits per heavy atom. The third-order valence-electron chi connectivity index (χ3n) is 6.63. The first-order chi connectivity index (χ1) is 14.8. The van der Waals surface area contributed by atoms with Crippen molar-refractivity contribution in [2.45, 2.75) is 31.8 Å². The Balaban J connectivity index is 1.47. The maximum atomic E-state index is 13.0. The lowest BCUT2D eigenvalue weighted by molar-refractivity contribution is -0.159. The standard InChI is InChI=1S/C22H21N3O6/c1-11(26)24-10-14-9-13(18(22(30)31)25-17(14)19(24)21(25)29)8-12-6-7-23(20(12)28)15-2-4-16(27)5-3-15/h2-5,8,14,17,19,27H,6-7,9-10H2,1H3,(H,30,31)/b12-8+/t14?,17-,19?/m1/s1. The van der Waals surface area contributed by atoms with Crippen molar-refractivity contribution in [1.29, 1.82) is 0 Å². The van der Waals surface area contributed by atoms with E-state index in [0.717, 1.165) is 0 Å². The van der Waals surface area contributed by atoms with E-state index in [0.29, 0.717) is 42.8 Å². The van der Waals surface area contributed by atoms with Crippen molar-refractivity contribution < 1.29 is 29.4 Å². The van der Waals surface area contributed by atoms with Crippen molar-refractivity contribution in [3.8, 4) is 5.75 Å². The highest BCUT2D eigenvalue weighted by Crippen LogP contribution is 2.47. The molecule has 0 aliphatic carbocycles. The van der Waals surface area contributed by atoms with Crippen LogP contribution >= 0.6 is 0 Å². The fourth-order valence-corrected chi connectivity index (χ4v) is 5.26. The topological polar surface area (TPSA) is 118 Å². The minimum atomic E-state index is -1.21. The number of rotatable bonds is 3. The number of benzene rings is 1. The van der Waals surface area contributed by atoms with Crippen LogP contribution in [-0.4, -0.2) is 68.9 Å². The lowest BCUT2D eigenvalue weighted by Crippen LogP contribution is -2.69. The highest BCUT2D eigenvalue weighted by Gasteiger charge is 2.63. The molecule has 0 radical (unpaired) electrons. The van der Waals surface area contributed by atoms with Crippen LogP contribution in [0, 0.1) is 5.92 Å². The second-order valence-corrected chi connectivity index (χ2v) is 8.35. The molecule has 160 valence electrons. The van der Waals surface area contributed by atoms with Gasteiger partial charge in [0.25, 0.3) is 11.8 Å². The molecule has 2 unspecified atom stereocenters. The van der Waals surface area contributed by atoms with Crippen LogP contribution in [0.5, 0.6) is 5.75 Å². The van der Waals surface area contributed by atoms with Gasteiger partial charge in [-0.3, -0.25) is 19.3 Å². The molecule has 4 aliphatic heterocycles. The zero-order valence-electron chi connectivity index (χ0n) is 16.8. The number of carboxylic acid groups (broad SMARTS) is 1. The zero-order valence-corrected chi connectivity index (χ0v) is 16.8. The predicted octanol–water partition coefficient (Wildman–Crippen LogP) is 0.855. The molecule has 31 heavy (non-hydrogen) atoms. The molecule has 4 heterocycles. The Morgan fingerprint density at radius 1 is 1.16 bits per heavy atom. The molecule has 9 heteroatoms. The summed E-state index contributed by atoms with van der Waals surface area (Å²) in [6.45, 7) is 2.26. The predicted molar refractivity (Wildman–Crippen MR) is 108 cm³/mol. The maximum Gasteiger partial charge on any atom is 0.352 e. The molecule has 0 spiro atoms. The molecule has 3 fully saturated rings. The van der Waals surface area contributed by atoms with Crippen LogP contribution in [0.2, 0.25) is 0 Å². The van der Waals surface area contributed by atoms with Gasteiger partial charge < -0.3 is 20.0 Å². The number of likely N-dealkylation sites (tertiary alicyclic amines) is 1. The molecular formula is C22H21N3O6. The third kappa shape index (κ3) is 2.76. The number of β-lactam (4-membered cyclic amide) rings is 1. The number of phenolic OH excluding ortho intramolecular Hbond substituents is 1. The third-order valence-corrected chi connectivity index (χ3v) is 6.63. The van der Waals surface area contributed by atoms with Gasteiger partial charge in [-0.2, -0.15) is 0 Å². The first-order valence-corrected chi connectivity index (χ1v) is 10.2. The number of aliphatic carboxylic acids is 1. The Bertz CT molecular complexity index is 1090. The summed E-state index contributed by atoms with van der Waals surface area (Å²) in [5.41, 5.74) is 1.49. The van der Waals surface area contributed by atoms with Crippen LogP contribution in [0.3, 0.4) is 0 Å². The van der Waals surface area contributed by atoms with Crippen molar-refractivity contribution in [2.75, 3.05) is 18.0 Å². The number of aromatic hydroxyl groups is 1. The van der Waals surface area contributed by atoms with Crippen molar-refractivity contribution in [3.05, 3.63) is 47.2 Å². The van der Waals surface area contributed by atoms with Crippen LogP contribution < -0.4 is 4.90 Å². The van der Waals surface area contributed by atoms with Gasteiger partial charge in [0, 0.05) is 37.2 Å². The van der Waals surface area contributed by atoms with Crippen molar-refractivity contribution in [2.24, 2.45) is 5.92 Å². The molecule has 0 bridgehead atoms. The van der Waals surface area contributed by atoms with Crippen LogP contribution in [0.15, 0.2) is 47.2 Å². The van der Waals surface area contributed by atoms with Gasteiger partial charge in [-0.25, -0.2) is 4.79 Å². The summed E-state index contributed by atoms with van der Waals surface area (Å²) in [6.07, 6.45) is 2.45. The average molecular weight is 423 g/mol. The fourth-order valence-electron chi connectivity index (χ4n) is 5.26. The summed E-state index contributed by atoms with van der Waals surface area (Å²) in [5.74, 6) is -1.95. The molecular weight excluding hydrogens is 402 g/mol. The van der Waals surface area contributed by atoms with Crippen LogP contribution in [0.1, 0.15) is 19.8 Å². The average Bonchev–Trinajstić information content (AvgIpc) is 3.27. The van der Waals surface area contributed by atoms with Crippen LogP contribution in [0.4, 0.5) is 5.69 Å². The molecule has 1 aromatic rings. The minimum Gasteiger partial charge on any atom is -0.508 e. The van der Waals surface area contributed by atoms with Gasteiger partial charge in [-0.1, -0.05) is 0 Å². The molecule has 2 N–H and O–H groups in total. The minimum absolute atomic E-state index is 0.0498. The summed E-state index contributed by atoms with van der Waals surface area (Å²) in [5, 5.41) is 19.3. The number of hydrogen-bond acceptors (Lipinski definition) is 5. The van der Waals surface area contributed by atoms with Gasteiger partial charge in [0.2, 0.25) is 5.91 Å². The van der Waals surface area contributed by atoms with E-state index in [9.17, 15) is 29.4 Å². The quantitative estimate of drug-likeness (QED) is 0.550. The summed E-state index contributed by atoms with van der Waals surface area (Å²) < 4.78 is 0. The lowest BCUT2D eigenvalue weighted by Gasteiger charge is -2.49. The largest absolute Gasteiger partial charge is 0.508 e. The van der Waals surface area contributed by atoms with Crippen molar-refractivity contribution in [1.82, 2.24) is 9.80 Å². The zero-order chi connectivity index (χ0) is 22.0. The summed E-state index contributed by atoms with van der Waals surface area (Å²) in [7, 11) is 0. The Labute approximate surface area is 177 Å². The molecule has 4 aliphatic rings. The number of carboxylic acids is 1. The molecule has 9 nitrogen and oxygen atoms in total. The first-order valence-electron chi connectivity index (χ1n) is 10.2. The number of hydrogen-bond donors (Lipinski definition) is 2. The molecule has 5 rings (SSSR count). The summed E-state index contributed by atoms with van der Waals surface area (Å²) in [6, 6.07) is 5.42. The van der Waals surface area contributed by atoms with Gasteiger partial charge in [-0.15, -0.1) is 0 Å². The van der Waals surface area contributed by atoms with Gasteiger partial charge in [0.1, 0.15) is 17.5 Å². The number of nitrogens with zero attached hydrogens (tertiary/aromatic N) is 3. The van der Waals surface area contributed by atoms with Gasteiger partial charge in [0.05, 0.1) is 6.04 Å². The van der Waals surface area contributed by atoms with Crippen molar-refractivity contribution in [3.63, 3.8) is 0 Å². The van der Waals surface area contributed by atoms with Crippen LogP contribution in [-0.2, 0) is 19.2 Å². The summed E-state index contributed by atoms with van der Waals surface area (Å²) in [4.78, 5) is 54.0. The lowest BCUT2D eigenvalue weighted by atomic mass is 9.79. The number of anilines is 1. The van der Waals surface area contributed by atoms with Crippen LogP contribution in [0.25, 0.3) is 0 Å². The molecule has 1 aromatic carbocycles. The van der Waals surface area contributed by atoms with E-state index < -0.39 is 12.0 Å². The van der Waals surface area contributed by atoms with E-state index in [1.807, 2.05) is 0 Å². The molecule has 0 saturated carbocycles. The van der Waals surface area contributed by atoms with E-state index >= 15 is 0 Å². The normalized spacial score (nSPS) is 28.4.